The SMILES string of the molecule is CCN(CC)C(=O)c1ccc(NC(=O)C(N)c2ccc(C)cc2)cc1.Cl. The van der Waals surface area contributed by atoms with Crippen molar-refractivity contribution in [3.63, 3.8) is 0 Å². The Hall–Kier alpha value is -2.37. The lowest BCUT2D eigenvalue weighted by Crippen LogP contribution is -2.30. The van der Waals surface area contributed by atoms with Gasteiger partial charge in [-0.05, 0) is 50.6 Å². The average Bonchev–Trinajstić information content (AvgIpc) is 2.63. The average molecular weight is 376 g/mol. The minimum absolute atomic E-state index is 0. The van der Waals surface area contributed by atoms with E-state index in [-0.39, 0.29) is 24.2 Å². The summed E-state index contributed by atoms with van der Waals surface area (Å²) in [4.78, 5) is 26.3. The van der Waals surface area contributed by atoms with Crippen molar-refractivity contribution in [3.05, 3.63) is 65.2 Å². The van der Waals surface area contributed by atoms with Crippen LogP contribution in [0.5, 0.6) is 0 Å². The largest absolute Gasteiger partial charge is 0.339 e. The van der Waals surface area contributed by atoms with Crippen molar-refractivity contribution in [2.24, 2.45) is 5.73 Å². The highest BCUT2D eigenvalue weighted by molar-refractivity contribution is 5.97. The summed E-state index contributed by atoms with van der Waals surface area (Å²) in [7, 11) is 0. The minimum Gasteiger partial charge on any atom is -0.339 e. The van der Waals surface area contributed by atoms with Crippen molar-refractivity contribution in [2.45, 2.75) is 26.8 Å². The Balaban J connectivity index is 0.00000338. The van der Waals surface area contributed by atoms with Gasteiger partial charge in [0.2, 0.25) is 5.91 Å². The molecule has 0 heterocycles. The summed E-state index contributed by atoms with van der Waals surface area (Å²) in [6.07, 6.45) is 0. The predicted molar refractivity (Wildman–Crippen MR) is 108 cm³/mol. The molecule has 3 N–H and O–H groups in total. The van der Waals surface area contributed by atoms with Crippen LogP contribution < -0.4 is 11.1 Å². The van der Waals surface area contributed by atoms with E-state index >= 15 is 0 Å². The van der Waals surface area contributed by atoms with E-state index in [1.54, 1.807) is 29.2 Å². The van der Waals surface area contributed by atoms with Crippen LogP contribution in [-0.2, 0) is 4.79 Å². The quantitative estimate of drug-likeness (QED) is 0.810. The first kappa shape index (κ1) is 21.7. The van der Waals surface area contributed by atoms with Crippen molar-refractivity contribution >= 4 is 29.9 Å². The predicted octanol–water partition coefficient (Wildman–Crippen LogP) is 3.54. The van der Waals surface area contributed by atoms with E-state index in [0.29, 0.717) is 24.3 Å². The first-order valence-corrected chi connectivity index (χ1v) is 8.48. The number of anilines is 1. The Morgan fingerprint density at radius 2 is 1.54 bits per heavy atom. The number of carbonyl (C=O) groups is 2. The van der Waals surface area contributed by atoms with E-state index in [9.17, 15) is 9.59 Å². The van der Waals surface area contributed by atoms with E-state index in [2.05, 4.69) is 5.32 Å². The zero-order valence-electron chi connectivity index (χ0n) is 15.4. The molecule has 0 saturated heterocycles. The monoisotopic (exact) mass is 375 g/mol. The maximum absolute atomic E-state index is 12.3. The van der Waals surface area contributed by atoms with Crippen LogP contribution >= 0.6 is 12.4 Å². The molecule has 1 atom stereocenters. The molecule has 0 aliphatic rings. The van der Waals surface area contributed by atoms with Crippen molar-refractivity contribution in [2.75, 3.05) is 18.4 Å². The van der Waals surface area contributed by atoms with Crippen LogP contribution in [0.4, 0.5) is 5.69 Å². The maximum atomic E-state index is 12.3. The van der Waals surface area contributed by atoms with Gasteiger partial charge in [-0.1, -0.05) is 29.8 Å². The molecule has 2 rings (SSSR count). The van der Waals surface area contributed by atoms with Crippen molar-refractivity contribution in [3.8, 4) is 0 Å². The molecular weight excluding hydrogens is 350 g/mol. The van der Waals surface area contributed by atoms with Gasteiger partial charge in [0.25, 0.3) is 5.91 Å². The number of halogens is 1. The fourth-order valence-electron chi connectivity index (χ4n) is 2.53. The number of hydrogen-bond donors (Lipinski definition) is 2. The molecule has 0 saturated carbocycles. The van der Waals surface area contributed by atoms with Crippen molar-refractivity contribution < 1.29 is 9.59 Å². The Kier molecular flexibility index (Phi) is 8.29. The lowest BCUT2D eigenvalue weighted by atomic mass is 10.1. The van der Waals surface area contributed by atoms with E-state index in [1.165, 1.54) is 0 Å². The van der Waals surface area contributed by atoms with Crippen LogP contribution in [0.15, 0.2) is 48.5 Å². The summed E-state index contributed by atoms with van der Waals surface area (Å²) < 4.78 is 0. The van der Waals surface area contributed by atoms with Crippen LogP contribution in [0.3, 0.4) is 0 Å². The summed E-state index contributed by atoms with van der Waals surface area (Å²) in [5.74, 6) is -0.300. The normalized spacial score (nSPS) is 11.2. The molecule has 1 unspecified atom stereocenters. The van der Waals surface area contributed by atoms with Crippen molar-refractivity contribution in [1.29, 1.82) is 0 Å². The standard InChI is InChI=1S/C20H25N3O2.ClH/c1-4-23(5-2)20(25)16-10-12-17(13-11-16)22-19(24)18(21)15-8-6-14(3)7-9-15;/h6-13,18H,4-5,21H2,1-3H3,(H,22,24);1H. The number of aryl methyl sites for hydroxylation is 1. The van der Waals surface area contributed by atoms with Gasteiger partial charge >= 0.3 is 0 Å². The molecule has 0 aromatic heterocycles. The first-order chi connectivity index (χ1) is 12.0. The van der Waals surface area contributed by atoms with E-state index in [0.717, 1.165) is 11.1 Å². The fraction of sp³-hybridized carbons (Fsp3) is 0.300. The minimum atomic E-state index is -0.738. The van der Waals surface area contributed by atoms with Gasteiger partial charge in [0, 0.05) is 24.3 Å². The molecule has 140 valence electrons. The molecule has 6 heteroatoms. The van der Waals surface area contributed by atoms with Crippen LogP contribution in [-0.4, -0.2) is 29.8 Å². The molecular formula is C20H26ClN3O2. The zero-order valence-corrected chi connectivity index (χ0v) is 16.2. The van der Waals surface area contributed by atoms with Crippen LogP contribution in [0.25, 0.3) is 0 Å². The smallest absolute Gasteiger partial charge is 0.253 e. The molecule has 0 spiro atoms. The van der Waals surface area contributed by atoms with Crippen LogP contribution in [0, 0.1) is 6.92 Å². The molecule has 0 bridgehead atoms. The number of carbonyl (C=O) groups excluding carboxylic acids is 2. The third-order valence-electron chi connectivity index (χ3n) is 4.17. The Morgan fingerprint density at radius 3 is 2.04 bits per heavy atom. The fourth-order valence-corrected chi connectivity index (χ4v) is 2.53. The summed E-state index contributed by atoms with van der Waals surface area (Å²) in [5.41, 5.74) is 9.11. The van der Waals surface area contributed by atoms with Gasteiger partial charge in [-0.3, -0.25) is 9.59 Å². The number of hydrogen-bond acceptors (Lipinski definition) is 3. The van der Waals surface area contributed by atoms with Gasteiger partial charge in [0.05, 0.1) is 0 Å². The lowest BCUT2D eigenvalue weighted by molar-refractivity contribution is -0.117. The highest BCUT2D eigenvalue weighted by Crippen LogP contribution is 2.16. The molecule has 0 radical (unpaired) electrons. The summed E-state index contributed by atoms with van der Waals surface area (Å²) in [5, 5.41) is 2.79. The van der Waals surface area contributed by atoms with E-state index in [1.807, 2.05) is 45.0 Å². The third-order valence-corrected chi connectivity index (χ3v) is 4.17. The number of nitrogens with zero attached hydrogens (tertiary/aromatic N) is 1. The highest BCUT2D eigenvalue weighted by atomic mass is 35.5. The molecule has 2 amide bonds. The number of benzene rings is 2. The molecule has 2 aromatic rings. The lowest BCUT2D eigenvalue weighted by Gasteiger charge is -2.19. The number of nitrogens with one attached hydrogen (secondary N) is 1. The number of amides is 2. The Bertz CT molecular complexity index is 726. The maximum Gasteiger partial charge on any atom is 0.253 e. The first-order valence-electron chi connectivity index (χ1n) is 8.48. The van der Waals surface area contributed by atoms with Gasteiger partial charge in [-0.2, -0.15) is 0 Å². The van der Waals surface area contributed by atoms with Gasteiger partial charge in [0.15, 0.2) is 0 Å². The van der Waals surface area contributed by atoms with Gasteiger partial charge in [0.1, 0.15) is 6.04 Å². The Morgan fingerprint density at radius 1 is 1.00 bits per heavy atom. The van der Waals surface area contributed by atoms with Gasteiger partial charge < -0.3 is 16.0 Å². The molecule has 5 nitrogen and oxygen atoms in total. The van der Waals surface area contributed by atoms with Crippen LogP contribution in [0.2, 0.25) is 0 Å². The topological polar surface area (TPSA) is 75.4 Å². The number of rotatable bonds is 6. The summed E-state index contributed by atoms with van der Waals surface area (Å²) >= 11 is 0. The number of nitrogens with two attached hydrogens (primary N) is 1. The summed E-state index contributed by atoms with van der Waals surface area (Å²) in [6, 6.07) is 13.7. The molecule has 2 aromatic carbocycles. The highest BCUT2D eigenvalue weighted by Gasteiger charge is 2.16. The molecule has 0 aliphatic heterocycles. The molecule has 26 heavy (non-hydrogen) atoms. The third kappa shape index (κ3) is 5.31. The van der Waals surface area contributed by atoms with Gasteiger partial charge in [-0.25, -0.2) is 0 Å². The van der Waals surface area contributed by atoms with Gasteiger partial charge in [-0.15, -0.1) is 12.4 Å². The van der Waals surface area contributed by atoms with E-state index < -0.39 is 6.04 Å². The van der Waals surface area contributed by atoms with E-state index in [4.69, 9.17) is 5.73 Å². The Labute approximate surface area is 161 Å². The molecule has 0 fully saturated rings. The second-order valence-corrected chi connectivity index (χ2v) is 5.93. The van der Waals surface area contributed by atoms with Crippen LogP contribution in [0.1, 0.15) is 41.4 Å². The molecule has 0 aliphatic carbocycles. The second kappa shape index (κ2) is 9.94. The van der Waals surface area contributed by atoms with Crippen molar-refractivity contribution in [1.82, 2.24) is 4.90 Å². The second-order valence-electron chi connectivity index (χ2n) is 5.93. The zero-order chi connectivity index (χ0) is 18.4. The summed E-state index contributed by atoms with van der Waals surface area (Å²) in [6.45, 7) is 7.21.